The van der Waals surface area contributed by atoms with Gasteiger partial charge in [-0.05, 0) is 19.8 Å². The molecule has 0 amide bonds. The minimum absolute atomic E-state index is 0.107. The van der Waals surface area contributed by atoms with Gasteiger partial charge in [0.1, 0.15) is 5.82 Å². The highest BCUT2D eigenvalue weighted by atomic mass is 19.4. The predicted octanol–water partition coefficient (Wildman–Crippen LogP) is 2.51. The van der Waals surface area contributed by atoms with Crippen LogP contribution in [0.15, 0.2) is 6.07 Å². The van der Waals surface area contributed by atoms with Crippen LogP contribution in [0, 0.1) is 6.92 Å². The van der Waals surface area contributed by atoms with E-state index in [0.717, 1.165) is 5.69 Å². The number of nitrogens with one attached hydrogen (secondary N) is 1. The molecule has 0 unspecified atom stereocenters. The summed E-state index contributed by atoms with van der Waals surface area (Å²) < 4.78 is 35.6. The summed E-state index contributed by atoms with van der Waals surface area (Å²) in [5.41, 5.74) is 6.15. The molecule has 0 radical (unpaired) electrons. The molecule has 7 heteroatoms. The molecular formula is C10H15F3N4. The zero-order valence-electron chi connectivity index (χ0n) is 9.51. The van der Waals surface area contributed by atoms with Crippen LogP contribution in [0.3, 0.4) is 0 Å². The summed E-state index contributed by atoms with van der Waals surface area (Å²) >= 11 is 0. The van der Waals surface area contributed by atoms with Crippen LogP contribution in [0.25, 0.3) is 0 Å². The van der Waals surface area contributed by atoms with Crippen molar-refractivity contribution in [2.75, 3.05) is 17.6 Å². The molecular weight excluding hydrogens is 233 g/mol. The molecule has 1 aromatic heterocycles. The van der Waals surface area contributed by atoms with Gasteiger partial charge in [0, 0.05) is 24.7 Å². The van der Waals surface area contributed by atoms with Gasteiger partial charge in [0.2, 0.25) is 5.95 Å². The molecule has 0 aliphatic heterocycles. The first-order valence-electron chi connectivity index (χ1n) is 5.28. The van der Waals surface area contributed by atoms with Crippen molar-refractivity contribution in [3.8, 4) is 0 Å². The Kier molecular flexibility index (Phi) is 4.53. The van der Waals surface area contributed by atoms with E-state index in [9.17, 15) is 13.2 Å². The molecule has 4 nitrogen and oxygen atoms in total. The molecule has 0 spiro atoms. The number of alkyl halides is 3. The monoisotopic (exact) mass is 248 g/mol. The van der Waals surface area contributed by atoms with E-state index >= 15 is 0 Å². The van der Waals surface area contributed by atoms with Gasteiger partial charge >= 0.3 is 6.18 Å². The maximum absolute atomic E-state index is 11.9. The Hall–Kier alpha value is -1.53. The second-order valence-electron chi connectivity index (χ2n) is 3.75. The summed E-state index contributed by atoms with van der Waals surface area (Å²) in [6.45, 7) is 2.21. The largest absolute Gasteiger partial charge is 0.389 e. The second-order valence-corrected chi connectivity index (χ2v) is 3.75. The Bertz CT molecular complexity index is 345. The van der Waals surface area contributed by atoms with Gasteiger partial charge in [0.15, 0.2) is 0 Å². The number of nitrogens with two attached hydrogens (primary N) is 1. The summed E-state index contributed by atoms with van der Waals surface area (Å²) in [5, 5.41) is 2.91. The molecule has 0 saturated heterocycles. The number of aryl methyl sites for hydroxylation is 1. The number of hydrogen-bond donors (Lipinski definition) is 2. The quantitative estimate of drug-likeness (QED) is 0.786. The molecule has 3 N–H and O–H groups in total. The lowest BCUT2D eigenvalue weighted by Gasteiger charge is -2.08. The lowest BCUT2D eigenvalue weighted by molar-refractivity contribution is -0.135. The van der Waals surface area contributed by atoms with Crippen molar-refractivity contribution >= 4 is 11.8 Å². The summed E-state index contributed by atoms with van der Waals surface area (Å²) in [5.74, 6) is 0.699. The molecule has 1 aromatic rings. The van der Waals surface area contributed by atoms with Crippen LogP contribution in [0.4, 0.5) is 24.9 Å². The molecule has 0 aliphatic carbocycles. The van der Waals surface area contributed by atoms with E-state index in [1.165, 1.54) is 0 Å². The lowest BCUT2D eigenvalue weighted by Crippen LogP contribution is -2.10. The number of halogens is 3. The van der Waals surface area contributed by atoms with E-state index in [1.54, 1.807) is 13.0 Å². The van der Waals surface area contributed by atoms with E-state index < -0.39 is 12.6 Å². The average Bonchev–Trinajstić information content (AvgIpc) is 2.13. The van der Waals surface area contributed by atoms with Crippen molar-refractivity contribution in [3.05, 3.63) is 11.8 Å². The van der Waals surface area contributed by atoms with E-state index in [1.807, 2.05) is 0 Å². The maximum atomic E-state index is 11.9. The molecule has 0 aromatic carbocycles. The van der Waals surface area contributed by atoms with E-state index in [0.29, 0.717) is 18.8 Å². The molecule has 0 aliphatic rings. The Labute approximate surface area is 97.4 Å². The van der Waals surface area contributed by atoms with Gasteiger partial charge in [-0.3, -0.25) is 0 Å². The van der Waals surface area contributed by atoms with Crippen LogP contribution in [-0.2, 0) is 0 Å². The highest BCUT2D eigenvalue weighted by Gasteiger charge is 2.25. The molecule has 0 bridgehead atoms. The number of nitrogens with zero attached hydrogens (tertiary/aromatic N) is 2. The fourth-order valence-corrected chi connectivity index (χ4v) is 1.35. The molecule has 0 saturated carbocycles. The van der Waals surface area contributed by atoms with Crippen LogP contribution in [-0.4, -0.2) is 22.7 Å². The highest BCUT2D eigenvalue weighted by molar-refractivity contribution is 5.39. The third kappa shape index (κ3) is 5.94. The molecule has 96 valence electrons. The van der Waals surface area contributed by atoms with Gasteiger partial charge < -0.3 is 11.1 Å². The van der Waals surface area contributed by atoms with Crippen LogP contribution in [0.5, 0.6) is 0 Å². The third-order valence-electron chi connectivity index (χ3n) is 2.06. The molecule has 1 rings (SSSR count). The lowest BCUT2D eigenvalue weighted by atomic mass is 10.2. The minimum Gasteiger partial charge on any atom is -0.370 e. The smallest absolute Gasteiger partial charge is 0.370 e. The highest BCUT2D eigenvalue weighted by Crippen LogP contribution is 2.22. The van der Waals surface area contributed by atoms with Gasteiger partial charge in [-0.15, -0.1) is 0 Å². The van der Waals surface area contributed by atoms with Gasteiger partial charge in [-0.1, -0.05) is 0 Å². The summed E-state index contributed by atoms with van der Waals surface area (Å²) in [7, 11) is 0. The molecule has 1 heterocycles. The van der Waals surface area contributed by atoms with Crippen molar-refractivity contribution in [2.24, 2.45) is 0 Å². The Morgan fingerprint density at radius 3 is 2.59 bits per heavy atom. The Balaban J connectivity index is 2.27. The number of nitrogen functional groups attached to an aromatic ring is 1. The first-order valence-corrected chi connectivity index (χ1v) is 5.28. The van der Waals surface area contributed by atoms with Crippen LogP contribution < -0.4 is 11.1 Å². The van der Waals surface area contributed by atoms with Gasteiger partial charge in [-0.2, -0.15) is 18.2 Å². The molecule has 0 atom stereocenters. The van der Waals surface area contributed by atoms with Crippen LogP contribution >= 0.6 is 0 Å². The fourth-order valence-electron chi connectivity index (χ4n) is 1.35. The number of rotatable bonds is 5. The molecule has 0 fully saturated rings. The normalized spacial score (nSPS) is 11.5. The topological polar surface area (TPSA) is 63.8 Å². The first kappa shape index (κ1) is 13.5. The van der Waals surface area contributed by atoms with Crippen molar-refractivity contribution in [2.45, 2.75) is 32.4 Å². The standard InChI is InChI=1S/C10H15F3N4/c1-7-6-8(17-9(14)16-7)15-5-3-2-4-10(11,12)13/h6H,2-5H2,1H3,(H3,14,15,16,17). The number of anilines is 2. The van der Waals surface area contributed by atoms with Gasteiger partial charge in [0.25, 0.3) is 0 Å². The fraction of sp³-hybridized carbons (Fsp3) is 0.600. The van der Waals surface area contributed by atoms with Crippen LogP contribution in [0.1, 0.15) is 25.0 Å². The van der Waals surface area contributed by atoms with Gasteiger partial charge in [-0.25, -0.2) is 4.98 Å². The number of hydrogen-bond acceptors (Lipinski definition) is 4. The van der Waals surface area contributed by atoms with Crippen molar-refractivity contribution < 1.29 is 13.2 Å². The Morgan fingerprint density at radius 2 is 2.00 bits per heavy atom. The minimum atomic E-state index is -4.07. The van der Waals surface area contributed by atoms with Crippen molar-refractivity contribution in [3.63, 3.8) is 0 Å². The Morgan fingerprint density at radius 1 is 1.29 bits per heavy atom. The van der Waals surface area contributed by atoms with Crippen molar-refractivity contribution in [1.82, 2.24) is 9.97 Å². The summed E-state index contributed by atoms with van der Waals surface area (Å²) in [4.78, 5) is 7.80. The van der Waals surface area contributed by atoms with E-state index in [4.69, 9.17) is 5.73 Å². The van der Waals surface area contributed by atoms with E-state index in [2.05, 4.69) is 15.3 Å². The maximum Gasteiger partial charge on any atom is 0.389 e. The zero-order valence-corrected chi connectivity index (χ0v) is 9.51. The van der Waals surface area contributed by atoms with Crippen LogP contribution in [0.2, 0.25) is 0 Å². The zero-order chi connectivity index (χ0) is 12.9. The molecule has 17 heavy (non-hydrogen) atoms. The number of aromatic nitrogens is 2. The summed E-state index contributed by atoms with van der Waals surface area (Å²) in [6, 6.07) is 1.69. The van der Waals surface area contributed by atoms with E-state index in [-0.39, 0.29) is 12.4 Å². The average molecular weight is 248 g/mol. The third-order valence-corrected chi connectivity index (χ3v) is 2.06. The number of unbranched alkanes of at least 4 members (excludes halogenated alkanes) is 1. The predicted molar refractivity (Wildman–Crippen MR) is 59.6 cm³/mol. The summed E-state index contributed by atoms with van der Waals surface area (Å²) in [6.07, 6.45) is -4.28. The first-order chi connectivity index (χ1) is 7.87. The van der Waals surface area contributed by atoms with Gasteiger partial charge in [0.05, 0.1) is 0 Å². The van der Waals surface area contributed by atoms with Crippen molar-refractivity contribution in [1.29, 1.82) is 0 Å². The SMILES string of the molecule is Cc1cc(NCCCCC(F)(F)F)nc(N)n1. The second kappa shape index (κ2) is 5.70.